The van der Waals surface area contributed by atoms with Crippen molar-refractivity contribution in [3.63, 3.8) is 0 Å². The van der Waals surface area contributed by atoms with Crippen molar-refractivity contribution in [2.75, 3.05) is 11.9 Å². The number of hydrogen-bond acceptors (Lipinski definition) is 5. The van der Waals surface area contributed by atoms with Crippen LogP contribution >= 0.6 is 0 Å². The van der Waals surface area contributed by atoms with Gasteiger partial charge in [-0.2, -0.15) is 0 Å². The van der Waals surface area contributed by atoms with E-state index in [0.29, 0.717) is 5.58 Å². The van der Waals surface area contributed by atoms with Gasteiger partial charge in [-0.25, -0.2) is 15.0 Å². The second kappa shape index (κ2) is 5.14. The molecular weight excluding hydrogens is 278 g/mol. The van der Waals surface area contributed by atoms with Gasteiger partial charge in [-0.3, -0.25) is 0 Å². The zero-order chi connectivity index (χ0) is 14.9. The first-order chi connectivity index (χ1) is 10.8. The van der Waals surface area contributed by atoms with Gasteiger partial charge in [0.25, 0.3) is 0 Å². The molecule has 0 aliphatic heterocycles. The molecule has 4 aromatic rings. The molecule has 0 radical (unpaired) electrons. The van der Waals surface area contributed by atoms with Crippen LogP contribution in [-0.2, 0) is 13.5 Å². The standard InChI is InChI=1S/C16H15N5O/c1-21-10-17-8-11(21)6-7-18-16-15-14(19-9-20-16)12-4-2-3-5-13(12)22-15/h2-5,8-10H,6-7H2,1H3,(H,18,19,20). The van der Waals surface area contributed by atoms with E-state index in [-0.39, 0.29) is 0 Å². The minimum Gasteiger partial charge on any atom is -0.450 e. The fourth-order valence-electron chi connectivity index (χ4n) is 2.58. The maximum atomic E-state index is 5.89. The molecule has 3 aromatic heterocycles. The van der Waals surface area contributed by atoms with E-state index in [1.807, 2.05) is 42.1 Å². The number of para-hydroxylation sites is 1. The Morgan fingerprint density at radius 2 is 2.14 bits per heavy atom. The number of nitrogens with zero attached hydrogens (tertiary/aromatic N) is 4. The van der Waals surface area contributed by atoms with Crippen molar-refractivity contribution < 1.29 is 4.42 Å². The molecule has 1 aromatic carbocycles. The van der Waals surface area contributed by atoms with Crippen LogP contribution in [0.3, 0.4) is 0 Å². The van der Waals surface area contributed by atoms with E-state index in [9.17, 15) is 0 Å². The molecule has 6 heteroatoms. The van der Waals surface area contributed by atoms with E-state index in [4.69, 9.17) is 4.42 Å². The normalized spacial score (nSPS) is 11.3. The number of aryl methyl sites for hydroxylation is 1. The Balaban J connectivity index is 1.63. The number of fused-ring (bicyclic) bond motifs is 3. The maximum absolute atomic E-state index is 5.89. The Morgan fingerprint density at radius 1 is 1.23 bits per heavy atom. The first-order valence-electron chi connectivity index (χ1n) is 7.14. The number of aromatic nitrogens is 4. The number of anilines is 1. The lowest BCUT2D eigenvalue weighted by atomic mass is 10.2. The summed E-state index contributed by atoms with van der Waals surface area (Å²) in [5.41, 5.74) is 3.54. The molecule has 4 rings (SSSR count). The lowest BCUT2D eigenvalue weighted by molar-refractivity contribution is 0.666. The summed E-state index contributed by atoms with van der Waals surface area (Å²) in [6, 6.07) is 7.88. The van der Waals surface area contributed by atoms with Gasteiger partial charge in [0.2, 0.25) is 0 Å². The lowest BCUT2D eigenvalue weighted by Crippen LogP contribution is -2.08. The van der Waals surface area contributed by atoms with Crippen molar-refractivity contribution in [1.82, 2.24) is 19.5 Å². The Bertz CT molecular complexity index is 940. The second-order valence-electron chi connectivity index (χ2n) is 5.17. The fraction of sp³-hybridized carbons (Fsp3) is 0.188. The van der Waals surface area contributed by atoms with Crippen molar-refractivity contribution in [2.24, 2.45) is 7.05 Å². The van der Waals surface area contributed by atoms with E-state index in [0.717, 1.165) is 35.3 Å². The molecule has 110 valence electrons. The molecule has 6 nitrogen and oxygen atoms in total. The summed E-state index contributed by atoms with van der Waals surface area (Å²) < 4.78 is 7.90. The first kappa shape index (κ1) is 12.8. The molecule has 0 aliphatic rings. The Labute approximate surface area is 126 Å². The van der Waals surface area contributed by atoms with Gasteiger partial charge >= 0.3 is 0 Å². The van der Waals surface area contributed by atoms with E-state index in [1.54, 1.807) is 12.7 Å². The summed E-state index contributed by atoms with van der Waals surface area (Å²) in [5.74, 6) is 0.725. The molecule has 0 spiro atoms. The molecule has 22 heavy (non-hydrogen) atoms. The minimum atomic E-state index is 0.703. The van der Waals surface area contributed by atoms with Crippen LogP contribution in [0, 0.1) is 0 Å². The topological polar surface area (TPSA) is 68.8 Å². The highest BCUT2D eigenvalue weighted by Gasteiger charge is 2.12. The van der Waals surface area contributed by atoms with Crippen molar-refractivity contribution >= 4 is 27.9 Å². The average molecular weight is 293 g/mol. The highest BCUT2D eigenvalue weighted by molar-refractivity contribution is 6.05. The van der Waals surface area contributed by atoms with Crippen LogP contribution < -0.4 is 5.32 Å². The summed E-state index contributed by atoms with van der Waals surface area (Å²) in [5, 5.41) is 4.34. The Morgan fingerprint density at radius 3 is 3.00 bits per heavy atom. The highest BCUT2D eigenvalue weighted by atomic mass is 16.3. The number of imidazole rings is 1. The molecule has 0 bridgehead atoms. The smallest absolute Gasteiger partial charge is 0.196 e. The van der Waals surface area contributed by atoms with Gasteiger partial charge in [-0.1, -0.05) is 12.1 Å². The van der Waals surface area contributed by atoms with Crippen molar-refractivity contribution in [3.05, 3.63) is 48.8 Å². The third-order valence-electron chi connectivity index (χ3n) is 3.75. The van der Waals surface area contributed by atoms with Crippen LogP contribution in [0.4, 0.5) is 5.82 Å². The summed E-state index contributed by atoms with van der Waals surface area (Å²) in [6.07, 6.45) is 6.11. The summed E-state index contributed by atoms with van der Waals surface area (Å²) in [6.45, 7) is 0.753. The summed E-state index contributed by atoms with van der Waals surface area (Å²) in [7, 11) is 1.99. The largest absolute Gasteiger partial charge is 0.450 e. The van der Waals surface area contributed by atoms with Crippen LogP contribution in [0.15, 0.2) is 47.5 Å². The van der Waals surface area contributed by atoms with Gasteiger partial charge in [-0.05, 0) is 12.1 Å². The number of benzene rings is 1. The van der Waals surface area contributed by atoms with Crippen LogP contribution in [0.2, 0.25) is 0 Å². The molecule has 0 amide bonds. The van der Waals surface area contributed by atoms with Gasteiger partial charge in [0, 0.05) is 37.3 Å². The van der Waals surface area contributed by atoms with E-state index in [2.05, 4.69) is 20.3 Å². The third kappa shape index (κ3) is 2.09. The third-order valence-corrected chi connectivity index (χ3v) is 3.75. The number of nitrogens with one attached hydrogen (secondary N) is 1. The summed E-state index contributed by atoms with van der Waals surface area (Å²) in [4.78, 5) is 12.8. The van der Waals surface area contributed by atoms with Crippen molar-refractivity contribution in [1.29, 1.82) is 0 Å². The van der Waals surface area contributed by atoms with E-state index >= 15 is 0 Å². The van der Waals surface area contributed by atoms with Crippen LogP contribution in [-0.4, -0.2) is 26.1 Å². The lowest BCUT2D eigenvalue weighted by Gasteiger charge is -2.05. The monoisotopic (exact) mass is 293 g/mol. The van der Waals surface area contributed by atoms with E-state index < -0.39 is 0 Å². The SMILES string of the molecule is Cn1cncc1CCNc1ncnc2c1oc1ccccc12. The van der Waals surface area contributed by atoms with Crippen molar-refractivity contribution in [2.45, 2.75) is 6.42 Å². The Kier molecular flexibility index (Phi) is 3.00. The molecule has 0 saturated carbocycles. The van der Waals surface area contributed by atoms with Gasteiger partial charge in [0.1, 0.15) is 17.4 Å². The number of hydrogen-bond donors (Lipinski definition) is 1. The molecule has 3 heterocycles. The van der Waals surface area contributed by atoms with Crippen LogP contribution in [0.5, 0.6) is 0 Å². The molecule has 0 unspecified atom stereocenters. The van der Waals surface area contributed by atoms with Gasteiger partial charge < -0.3 is 14.3 Å². The number of furan rings is 1. The van der Waals surface area contributed by atoms with Crippen LogP contribution in [0.1, 0.15) is 5.69 Å². The first-order valence-corrected chi connectivity index (χ1v) is 7.14. The molecule has 0 saturated heterocycles. The maximum Gasteiger partial charge on any atom is 0.196 e. The zero-order valence-corrected chi connectivity index (χ0v) is 12.2. The van der Waals surface area contributed by atoms with Gasteiger partial charge in [0.05, 0.1) is 6.33 Å². The second-order valence-corrected chi connectivity index (χ2v) is 5.17. The van der Waals surface area contributed by atoms with Gasteiger partial charge in [-0.15, -0.1) is 0 Å². The molecular formula is C16H15N5O. The quantitative estimate of drug-likeness (QED) is 0.626. The predicted molar refractivity (Wildman–Crippen MR) is 84.7 cm³/mol. The average Bonchev–Trinajstić information content (AvgIpc) is 3.12. The van der Waals surface area contributed by atoms with Gasteiger partial charge in [0.15, 0.2) is 11.4 Å². The Hall–Kier alpha value is -2.89. The van der Waals surface area contributed by atoms with Crippen molar-refractivity contribution in [3.8, 4) is 0 Å². The zero-order valence-electron chi connectivity index (χ0n) is 12.2. The number of rotatable bonds is 4. The molecule has 0 aliphatic carbocycles. The van der Waals surface area contributed by atoms with E-state index in [1.165, 1.54) is 5.69 Å². The van der Waals surface area contributed by atoms with Crippen LogP contribution in [0.25, 0.3) is 22.1 Å². The predicted octanol–water partition coefficient (Wildman–Crippen LogP) is 2.76. The fourth-order valence-corrected chi connectivity index (χ4v) is 2.58. The molecule has 0 fully saturated rings. The molecule has 1 N–H and O–H groups in total. The minimum absolute atomic E-state index is 0.703. The highest BCUT2D eigenvalue weighted by Crippen LogP contribution is 2.30. The molecule has 0 atom stereocenters. The summed E-state index contributed by atoms with van der Waals surface area (Å²) >= 11 is 0.